The Morgan fingerprint density at radius 3 is 2.80 bits per heavy atom. The van der Waals surface area contributed by atoms with Gasteiger partial charge in [-0.25, -0.2) is 4.79 Å². The normalized spacial score (nSPS) is 10.7. The summed E-state index contributed by atoms with van der Waals surface area (Å²) in [5, 5.41) is 16.8. The Labute approximate surface area is 118 Å². The Bertz CT molecular complexity index is 763. The molecule has 0 saturated heterocycles. The Hall–Kier alpha value is -2.47. The van der Waals surface area contributed by atoms with E-state index in [0.29, 0.717) is 17.3 Å². The first-order valence-electron chi connectivity index (χ1n) is 5.86. The van der Waals surface area contributed by atoms with Crippen molar-refractivity contribution in [3.63, 3.8) is 0 Å². The first kappa shape index (κ1) is 12.6. The van der Waals surface area contributed by atoms with E-state index in [1.165, 1.54) is 0 Å². The molecule has 1 N–H and O–H groups in total. The molecule has 0 spiro atoms. The lowest BCUT2D eigenvalue weighted by atomic mass is 10.1. The van der Waals surface area contributed by atoms with Gasteiger partial charge in [0.05, 0.1) is 11.1 Å². The third kappa shape index (κ3) is 2.21. The van der Waals surface area contributed by atoms with E-state index in [1.807, 2.05) is 16.8 Å². The number of aromatic nitrogens is 2. The zero-order valence-electron chi connectivity index (χ0n) is 10.5. The summed E-state index contributed by atoms with van der Waals surface area (Å²) in [6, 6.07) is 6.87. The minimum absolute atomic E-state index is 0.273. The van der Waals surface area contributed by atoms with Crippen LogP contribution in [0.2, 0.25) is 0 Å². The third-order valence-corrected chi connectivity index (χ3v) is 3.59. The Morgan fingerprint density at radius 1 is 1.30 bits per heavy atom. The van der Waals surface area contributed by atoms with Gasteiger partial charge in [-0.1, -0.05) is 11.2 Å². The molecule has 100 valence electrons. The van der Waals surface area contributed by atoms with E-state index in [9.17, 15) is 4.79 Å². The van der Waals surface area contributed by atoms with Gasteiger partial charge >= 0.3 is 5.97 Å². The highest BCUT2D eigenvalue weighted by Crippen LogP contribution is 2.25. The van der Waals surface area contributed by atoms with Crippen molar-refractivity contribution in [3.8, 4) is 22.8 Å². The van der Waals surface area contributed by atoms with Crippen molar-refractivity contribution in [2.24, 2.45) is 0 Å². The highest BCUT2D eigenvalue weighted by molar-refractivity contribution is 7.08. The van der Waals surface area contributed by atoms with E-state index in [4.69, 9.17) is 9.63 Å². The minimum Gasteiger partial charge on any atom is -0.478 e. The Balaban J connectivity index is 1.98. The Kier molecular flexibility index (Phi) is 3.08. The Morgan fingerprint density at radius 2 is 2.15 bits per heavy atom. The average molecular weight is 286 g/mol. The average Bonchev–Trinajstić information content (AvgIpc) is 3.09. The van der Waals surface area contributed by atoms with E-state index in [2.05, 4.69) is 10.1 Å². The van der Waals surface area contributed by atoms with Crippen LogP contribution in [0, 0.1) is 6.92 Å². The van der Waals surface area contributed by atoms with Crippen LogP contribution in [0.5, 0.6) is 0 Å². The molecule has 0 fully saturated rings. The van der Waals surface area contributed by atoms with Crippen molar-refractivity contribution in [1.82, 2.24) is 10.1 Å². The molecule has 0 unspecified atom stereocenters. The van der Waals surface area contributed by atoms with Crippen molar-refractivity contribution in [2.45, 2.75) is 6.92 Å². The van der Waals surface area contributed by atoms with Crippen LogP contribution in [0.25, 0.3) is 22.8 Å². The van der Waals surface area contributed by atoms with E-state index < -0.39 is 5.97 Å². The lowest BCUT2D eigenvalue weighted by molar-refractivity contribution is 0.0696. The fourth-order valence-electron chi connectivity index (χ4n) is 1.89. The number of hydrogen-bond acceptors (Lipinski definition) is 5. The molecule has 2 aromatic heterocycles. The molecule has 2 heterocycles. The minimum atomic E-state index is -0.943. The fourth-order valence-corrected chi connectivity index (χ4v) is 2.52. The molecule has 0 aliphatic carbocycles. The number of benzene rings is 1. The van der Waals surface area contributed by atoms with E-state index in [1.54, 1.807) is 36.5 Å². The van der Waals surface area contributed by atoms with Crippen molar-refractivity contribution < 1.29 is 14.4 Å². The van der Waals surface area contributed by atoms with Crippen LogP contribution in [0.3, 0.4) is 0 Å². The second kappa shape index (κ2) is 4.90. The van der Waals surface area contributed by atoms with Crippen molar-refractivity contribution >= 4 is 17.3 Å². The monoisotopic (exact) mass is 286 g/mol. The lowest BCUT2D eigenvalue weighted by Crippen LogP contribution is -1.99. The summed E-state index contributed by atoms with van der Waals surface area (Å²) in [6.45, 7) is 1.74. The van der Waals surface area contributed by atoms with Crippen LogP contribution in [0.15, 0.2) is 39.5 Å². The number of carboxylic acids is 1. The van der Waals surface area contributed by atoms with E-state index >= 15 is 0 Å². The molecular formula is C14H10N2O3S. The number of aryl methyl sites for hydroxylation is 1. The molecule has 3 rings (SSSR count). The smallest absolute Gasteiger partial charge is 0.335 e. The van der Waals surface area contributed by atoms with E-state index in [-0.39, 0.29) is 5.56 Å². The van der Waals surface area contributed by atoms with Crippen molar-refractivity contribution in [1.29, 1.82) is 0 Å². The van der Waals surface area contributed by atoms with Gasteiger partial charge in [0, 0.05) is 10.9 Å². The van der Waals surface area contributed by atoms with Crippen LogP contribution < -0.4 is 0 Å². The molecule has 0 atom stereocenters. The second-order valence-corrected chi connectivity index (χ2v) is 5.05. The van der Waals surface area contributed by atoms with Gasteiger partial charge in [0.2, 0.25) is 5.82 Å². The predicted octanol–water partition coefficient (Wildman–Crippen LogP) is 3.47. The quantitative estimate of drug-likeness (QED) is 0.797. The first-order valence-corrected chi connectivity index (χ1v) is 6.80. The zero-order valence-corrected chi connectivity index (χ0v) is 11.3. The molecule has 0 aliphatic rings. The number of nitrogens with zero attached hydrogens (tertiary/aromatic N) is 2. The maximum Gasteiger partial charge on any atom is 0.335 e. The summed E-state index contributed by atoms with van der Waals surface area (Å²) in [5.74, 6) is -0.0337. The zero-order chi connectivity index (χ0) is 14.1. The van der Waals surface area contributed by atoms with Gasteiger partial charge < -0.3 is 9.63 Å². The van der Waals surface area contributed by atoms with Gasteiger partial charge in [-0.05, 0) is 36.1 Å². The summed E-state index contributed by atoms with van der Waals surface area (Å²) in [5.41, 5.74) is 2.55. The molecule has 0 saturated carbocycles. The van der Waals surface area contributed by atoms with Gasteiger partial charge in [-0.2, -0.15) is 16.3 Å². The molecule has 0 radical (unpaired) electrons. The van der Waals surface area contributed by atoms with Gasteiger partial charge in [0.1, 0.15) is 0 Å². The maximum atomic E-state index is 11.0. The molecule has 20 heavy (non-hydrogen) atoms. The van der Waals surface area contributed by atoms with Gasteiger partial charge in [-0.3, -0.25) is 0 Å². The number of aromatic carboxylic acids is 1. The number of hydrogen-bond donors (Lipinski definition) is 1. The van der Waals surface area contributed by atoms with Gasteiger partial charge in [0.15, 0.2) is 0 Å². The standard InChI is InChI=1S/C14H10N2O3S/c1-8-6-9(2-3-11(8)14(17)18)12-15-13(19-16-12)10-4-5-20-7-10/h2-7H,1H3,(H,17,18). The topological polar surface area (TPSA) is 76.2 Å². The largest absolute Gasteiger partial charge is 0.478 e. The lowest BCUT2D eigenvalue weighted by Gasteiger charge is -2.01. The van der Waals surface area contributed by atoms with Crippen molar-refractivity contribution in [2.75, 3.05) is 0 Å². The highest BCUT2D eigenvalue weighted by atomic mass is 32.1. The number of thiophene rings is 1. The summed E-state index contributed by atoms with van der Waals surface area (Å²) in [7, 11) is 0. The van der Waals surface area contributed by atoms with Gasteiger partial charge in [0.25, 0.3) is 5.89 Å². The number of carbonyl (C=O) groups is 1. The van der Waals surface area contributed by atoms with Crippen LogP contribution in [0.1, 0.15) is 15.9 Å². The molecule has 6 heteroatoms. The molecule has 3 aromatic rings. The fraction of sp³-hybridized carbons (Fsp3) is 0.0714. The van der Waals surface area contributed by atoms with Crippen LogP contribution in [0.4, 0.5) is 0 Å². The summed E-state index contributed by atoms with van der Waals surface area (Å²) in [4.78, 5) is 15.3. The summed E-state index contributed by atoms with van der Waals surface area (Å²) in [6.07, 6.45) is 0. The van der Waals surface area contributed by atoms with Crippen LogP contribution in [-0.2, 0) is 0 Å². The molecular weight excluding hydrogens is 276 g/mol. The molecule has 0 amide bonds. The summed E-state index contributed by atoms with van der Waals surface area (Å²) >= 11 is 1.55. The SMILES string of the molecule is Cc1cc(-c2noc(-c3ccsc3)n2)ccc1C(=O)O. The van der Waals surface area contributed by atoms with Crippen LogP contribution >= 0.6 is 11.3 Å². The van der Waals surface area contributed by atoms with Crippen LogP contribution in [-0.4, -0.2) is 21.2 Å². The second-order valence-electron chi connectivity index (χ2n) is 4.27. The maximum absolute atomic E-state index is 11.0. The third-order valence-electron chi connectivity index (χ3n) is 2.91. The molecule has 0 bridgehead atoms. The van der Waals surface area contributed by atoms with E-state index in [0.717, 1.165) is 11.1 Å². The predicted molar refractivity (Wildman–Crippen MR) is 74.7 cm³/mol. The number of rotatable bonds is 3. The summed E-state index contributed by atoms with van der Waals surface area (Å²) < 4.78 is 5.21. The molecule has 5 nitrogen and oxygen atoms in total. The molecule has 0 aliphatic heterocycles. The first-order chi connectivity index (χ1) is 9.65. The van der Waals surface area contributed by atoms with Crippen molar-refractivity contribution in [3.05, 3.63) is 46.2 Å². The van der Waals surface area contributed by atoms with Gasteiger partial charge in [-0.15, -0.1) is 0 Å². The number of carboxylic acid groups (broad SMARTS) is 1. The highest BCUT2D eigenvalue weighted by Gasteiger charge is 2.13. The molecule has 1 aromatic carbocycles.